The molecule has 3 rings (SSSR count). The Labute approximate surface area is 156 Å². The highest BCUT2D eigenvalue weighted by Crippen LogP contribution is 2.37. The molecule has 0 saturated heterocycles. The zero-order chi connectivity index (χ0) is 17.8. The Kier molecular flexibility index (Phi) is 5.66. The van der Waals surface area contributed by atoms with Crippen LogP contribution in [0.4, 0.5) is 5.69 Å². The first-order valence-electron chi connectivity index (χ1n) is 8.03. The maximum absolute atomic E-state index is 12.6. The number of nitrogens with zero attached hydrogens (tertiary/aromatic N) is 1. The van der Waals surface area contributed by atoms with Crippen molar-refractivity contribution in [1.29, 1.82) is 0 Å². The number of para-hydroxylation sites is 1. The number of thioether (sulfide) groups is 1. The van der Waals surface area contributed by atoms with Gasteiger partial charge in [-0.25, -0.2) is 4.79 Å². The lowest BCUT2D eigenvalue weighted by Crippen LogP contribution is -2.35. The van der Waals surface area contributed by atoms with Gasteiger partial charge in [0.2, 0.25) is 0 Å². The number of carbonyl (C=O) groups is 2. The molecule has 0 saturated carbocycles. The van der Waals surface area contributed by atoms with E-state index in [-0.39, 0.29) is 12.5 Å². The summed E-state index contributed by atoms with van der Waals surface area (Å²) < 4.78 is 5.19. The maximum atomic E-state index is 12.6. The molecular weight excluding hydrogens is 358 g/mol. The molecule has 0 fully saturated rings. The molecule has 0 aromatic heterocycles. The van der Waals surface area contributed by atoms with Gasteiger partial charge in [-0.1, -0.05) is 30.7 Å². The second kappa shape index (κ2) is 7.93. The van der Waals surface area contributed by atoms with Crippen LogP contribution in [0.2, 0.25) is 5.02 Å². The van der Waals surface area contributed by atoms with Gasteiger partial charge >= 0.3 is 5.97 Å². The average Bonchev–Trinajstić information content (AvgIpc) is 2.78. The summed E-state index contributed by atoms with van der Waals surface area (Å²) in [6.45, 7) is 2.48. The smallest absolute Gasteiger partial charge is 0.338 e. The molecule has 1 aliphatic rings. The van der Waals surface area contributed by atoms with Gasteiger partial charge in [0, 0.05) is 21.7 Å². The van der Waals surface area contributed by atoms with Crippen molar-refractivity contribution in [2.24, 2.45) is 0 Å². The second-order valence-electron chi connectivity index (χ2n) is 5.81. The van der Waals surface area contributed by atoms with Gasteiger partial charge < -0.3 is 9.64 Å². The third kappa shape index (κ3) is 4.35. The summed E-state index contributed by atoms with van der Waals surface area (Å²) in [6.07, 6.45) is 0.885. The number of rotatable bonds is 3. The summed E-state index contributed by atoms with van der Waals surface area (Å²) in [5.41, 5.74) is 1.25. The molecule has 1 atom stereocenters. The van der Waals surface area contributed by atoms with Crippen LogP contribution in [0.5, 0.6) is 0 Å². The number of anilines is 1. The van der Waals surface area contributed by atoms with Crippen LogP contribution in [-0.4, -0.2) is 30.3 Å². The van der Waals surface area contributed by atoms with E-state index >= 15 is 0 Å². The number of halogens is 1. The summed E-state index contributed by atoms with van der Waals surface area (Å²) >= 11 is 7.57. The van der Waals surface area contributed by atoms with Crippen molar-refractivity contribution in [3.63, 3.8) is 0 Å². The van der Waals surface area contributed by atoms with Gasteiger partial charge in [0.25, 0.3) is 5.91 Å². The Bertz CT molecular complexity index is 778. The third-order valence-corrected chi connectivity index (χ3v) is 5.44. The molecule has 6 heteroatoms. The molecule has 130 valence electrons. The molecule has 0 bridgehead atoms. The molecule has 0 spiro atoms. The second-order valence-corrected chi connectivity index (χ2v) is 7.73. The van der Waals surface area contributed by atoms with Crippen LogP contribution in [-0.2, 0) is 9.53 Å². The Balaban J connectivity index is 1.68. The summed E-state index contributed by atoms with van der Waals surface area (Å²) in [6, 6.07) is 14.2. The number of fused-ring (bicyclic) bond motifs is 1. The molecule has 0 unspecified atom stereocenters. The van der Waals surface area contributed by atoms with Crippen molar-refractivity contribution in [1.82, 2.24) is 0 Å². The molecule has 0 radical (unpaired) electrons. The van der Waals surface area contributed by atoms with E-state index in [1.807, 2.05) is 24.3 Å². The van der Waals surface area contributed by atoms with Crippen molar-refractivity contribution in [3.8, 4) is 0 Å². The SMILES string of the molecule is C[C@H]1CCN(C(=O)COC(=O)c2ccc(Cl)cc2)c2ccccc2S1. The predicted octanol–water partition coefficient (Wildman–Crippen LogP) is 4.41. The summed E-state index contributed by atoms with van der Waals surface area (Å²) in [4.78, 5) is 27.5. The standard InChI is InChI=1S/C19H18ClNO3S/c1-13-10-11-21(16-4-2-3-5-17(16)25-13)18(22)12-24-19(23)14-6-8-15(20)9-7-14/h2-9,13H,10-12H2,1H3/t13-/m0/s1. The maximum Gasteiger partial charge on any atom is 0.338 e. The fraction of sp³-hybridized carbons (Fsp3) is 0.263. The van der Waals surface area contributed by atoms with Crippen molar-refractivity contribution in [2.75, 3.05) is 18.1 Å². The van der Waals surface area contributed by atoms with E-state index in [4.69, 9.17) is 16.3 Å². The number of amides is 1. The molecular formula is C19H18ClNO3S. The third-order valence-electron chi connectivity index (χ3n) is 3.95. The normalized spacial score (nSPS) is 16.7. The fourth-order valence-electron chi connectivity index (χ4n) is 2.62. The monoisotopic (exact) mass is 375 g/mol. The van der Waals surface area contributed by atoms with E-state index in [2.05, 4.69) is 6.92 Å². The van der Waals surface area contributed by atoms with E-state index in [9.17, 15) is 9.59 Å². The van der Waals surface area contributed by atoms with Crippen LogP contribution in [0.3, 0.4) is 0 Å². The minimum atomic E-state index is -0.532. The van der Waals surface area contributed by atoms with E-state index in [0.717, 1.165) is 17.0 Å². The number of benzene rings is 2. The Morgan fingerprint density at radius 2 is 1.92 bits per heavy atom. The van der Waals surface area contributed by atoms with Gasteiger partial charge in [0.15, 0.2) is 6.61 Å². The number of carbonyl (C=O) groups excluding carboxylic acids is 2. The fourth-order valence-corrected chi connectivity index (χ4v) is 3.86. The highest BCUT2D eigenvalue weighted by molar-refractivity contribution is 8.00. The first-order valence-corrected chi connectivity index (χ1v) is 9.29. The van der Waals surface area contributed by atoms with Crippen molar-refractivity contribution in [3.05, 3.63) is 59.1 Å². The molecule has 1 heterocycles. The van der Waals surface area contributed by atoms with Crippen molar-refractivity contribution < 1.29 is 14.3 Å². The summed E-state index contributed by atoms with van der Waals surface area (Å²) in [5, 5.41) is 0.969. The first-order chi connectivity index (χ1) is 12.0. The zero-order valence-electron chi connectivity index (χ0n) is 13.8. The summed E-state index contributed by atoms with van der Waals surface area (Å²) in [7, 11) is 0. The predicted molar refractivity (Wildman–Crippen MR) is 100 cm³/mol. The molecule has 0 N–H and O–H groups in total. The number of hydrogen-bond donors (Lipinski definition) is 0. The van der Waals surface area contributed by atoms with E-state index in [1.54, 1.807) is 40.9 Å². The molecule has 2 aromatic carbocycles. The number of esters is 1. The first kappa shape index (κ1) is 17.8. The molecule has 2 aromatic rings. The lowest BCUT2D eigenvalue weighted by Gasteiger charge is -2.22. The van der Waals surface area contributed by atoms with Gasteiger partial charge in [0.1, 0.15) is 0 Å². The van der Waals surface area contributed by atoms with E-state index in [0.29, 0.717) is 22.4 Å². The van der Waals surface area contributed by atoms with Crippen LogP contribution >= 0.6 is 23.4 Å². The van der Waals surface area contributed by atoms with Crippen molar-refractivity contribution in [2.45, 2.75) is 23.5 Å². The molecule has 1 aliphatic heterocycles. The Hall–Kier alpha value is -1.98. The molecule has 4 nitrogen and oxygen atoms in total. The minimum absolute atomic E-state index is 0.218. The van der Waals surface area contributed by atoms with E-state index < -0.39 is 5.97 Å². The Morgan fingerprint density at radius 3 is 2.68 bits per heavy atom. The van der Waals surface area contributed by atoms with Gasteiger partial charge in [-0.3, -0.25) is 4.79 Å². The lowest BCUT2D eigenvalue weighted by atomic mass is 10.2. The van der Waals surface area contributed by atoms with Crippen LogP contribution in [0.25, 0.3) is 0 Å². The van der Waals surface area contributed by atoms with Gasteiger partial charge in [-0.05, 0) is 42.8 Å². The lowest BCUT2D eigenvalue weighted by molar-refractivity contribution is -0.121. The largest absolute Gasteiger partial charge is 0.452 e. The summed E-state index contributed by atoms with van der Waals surface area (Å²) in [5.74, 6) is -0.750. The van der Waals surface area contributed by atoms with Crippen LogP contribution < -0.4 is 4.90 Å². The van der Waals surface area contributed by atoms with Gasteiger partial charge in [0.05, 0.1) is 11.3 Å². The Morgan fingerprint density at radius 1 is 1.20 bits per heavy atom. The van der Waals surface area contributed by atoms with Crippen LogP contribution in [0.15, 0.2) is 53.4 Å². The molecule has 25 heavy (non-hydrogen) atoms. The average molecular weight is 376 g/mol. The minimum Gasteiger partial charge on any atom is -0.452 e. The number of hydrogen-bond acceptors (Lipinski definition) is 4. The van der Waals surface area contributed by atoms with Crippen LogP contribution in [0, 0.1) is 0 Å². The van der Waals surface area contributed by atoms with Gasteiger partial charge in [-0.15, -0.1) is 11.8 Å². The van der Waals surface area contributed by atoms with E-state index in [1.165, 1.54) is 0 Å². The zero-order valence-corrected chi connectivity index (χ0v) is 15.3. The van der Waals surface area contributed by atoms with Gasteiger partial charge in [-0.2, -0.15) is 0 Å². The topological polar surface area (TPSA) is 46.6 Å². The molecule has 1 amide bonds. The highest BCUT2D eigenvalue weighted by atomic mass is 35.5. The van der Waals surface area contributed by atoms with Crippen LogP contribution in [0.1, 0.15) is 23.7 Å². The number of ether oxygens (including phenoxy) is 1. The van der Waals surface area contributed by atoms with Crippen molar-refractivity contribution >= 4 is 40.9 Å². The molecule has 0 aliphatic carbocycles. The highest BCUT2D eigenvalue weighted by Gasteiger charge is 2.24. The quantitative estimate of drug-likeness (QED) is 0.745.